The predicted molar refractivity (Wildman–Crippen MR) is 60.2 cm³/mol. The lowest BCUT2D eigenvalue weighted by Gasteiger charge is -2.04. The molecule has 0 heterocycles. The summed E-state index contributed by atoms with van der Waals surface area (Å²) in [6.45, 7) is 5.58. The van der Waals surface area contributed by atoms with Crippen LogP contribution in [0, 0.1) is 0 Å². The van der Waals surface area contributed by atoms with Crippen LogP contribution in [-0.4, -0.2) is 18.9 Å². The minimum absolute atomic E-state index is 0.558. The maximum absolute atomic E-state index is 11.0. The zero-order valence-corrected chi connectivity index (χ0v) is 8.86. The van der Waals surface area contributed by atoms with Crippen LogP contribution >= 0.6 is 0 Å². The molecule has 0 saturated carbocycles. The second-order valence-corrected chi connectivity index (χ2v) is 3.08. The first-order valence-corrected chi connectivity index (χ1v) is 4.53. The molecule has 15 heavy (non-hydrogen) atoms. The van der Waals surface area contributed by atoms with Gasteiger partial charge in [0.15, 0.2) is 0 Å². The number of benzene rings is 1. The number of ether oxygens (including phenoxy) is 1. The molecule has 0 fully saturated rings. The number of methoxy groups -OCH3 is 1. The van der Waals surface area contributed by atoms with Crippen molar-refractivity contribution in [1.29, 1.82) is 0 Å². The van der Waals surface area contributed by atoms with Gasteiger partial charge < -0.3 is 4.74 Å². The molecule has 78 valence electrons. The summed E-state index contributed by atoms with van der Waals surface area (Å²) < 4.78 is 4.48. The quantitative estimate of drug-likeness (QED) is 0.693. The van der Waals surface area contributed by atoms with Crippen molar-refractivity contribution in [2.24, 2.45) is 4.99 Å². The maximum atomic E-state index is 11.0. The van der Waals surface area contributed by atoms with Crippen LogP contribution in [0.15, 0.2) is 47.5 Å². The molecule has 0 bridgehead atoms. The summed E-state index contributed by atoms with van der Waals surface area (Å²) >= 11 is 0. The Labute approximate surface area is 89.1 Å². The van der Waals surface area contributed by atoms with Crippen LogP contribution in [0.4, 0.5) is 4.79 Å². The number of aliphatic imine (C=N–C) groups is 1. The van der Waals surface area contributed by atoms with Gasteiger partial charge in [-0.15, -0.1) is 0 Å². The van der Waals surface area contributed by atoms with E-state index in [9.17, 15) is 4.79 Å². The molecule has 1 aromatic carbocycles. The Bertz CT molecular complexity index is 393. The molecule has 0 N–H and O–H groups in total. The zero-order valence-electron chi connectivity index (χ0n) is 8.86. The average Bonchev–Trinajstić information content (AvgIpc) is 2.26. The highest BCUT2D eigenvalue weighted by Crippen LogP contribution is 2.08. The summed E-state index contributed by atoms with van der Waals surface area (Å²) in [7, 11) is 1.30. The first-order chi connectivity index (χ1) is 7.15. The highest BCUT2D eigenvalue weighted by atomic mass is 16.5. The zero-order chi connectivity index (χ0) is 11.3. The third kappa shape index (κ3) is 3.06. The molecule has 0 aliphatic carbocycles. The molecule has 0 atom stereocenters. The smallest absolute Gasteiger partial charge is 0.433 e. The summed E-state index contributed by atoms with van der Waals surface area (Å²) in [5.74, 6) is 0. The molecule has 0 unspecified atom stereocenters. The summed E-state index contributed by atoms with van der Waals surface area (Å²) in [6.07, 6.45) is -0.614. The maximum Gasteiger partial charge on any atom is 0.433 e. The molecular weight excluding hydrogens is 190 g/mol. The van der Waals surface area contributed by atoms with Gasteiger partial charge in [-0.2, -0.15) is 4.99 Å². The largest absolute Gasteiger partial charge is 0.451 e. The van der Waals surface area contributed by atoms with Gasteiger partial charge in [-0.05, 0) is 12.5 Å². The van der Waals surface area contributed by atoms with Crippen molar-refractivity contribution in [3.8, 4) is 0 Å². The predicted octanol–water partition coefficient (Wildman–Crippen LogP) is 2.82. The van der Waals surface area contributed by atoms with Gasteiger partial charge in [-0.3, -0.25) is 0 Å². The van der Waals surface area contributed by atoms with Crippen LogP contribution in [0.5, 0.6) is 0 Å². The van der Waals surface area contributed by atoms with E-state index >= 15 is 0 Å². The van der Waals surface area contributed by atoms with E-state index in [-0.39, 0.29) is 0 Å². The summed E-state index contributed by atoms with van der Waals surface area (Å²) in [5, 5.41) is 0. The Morgan fingerprint density at radius 2 is 1.93 bits per heavy atom. The molecule has 1 rings (SSSR count). The van der Waals surface area contributed by atoms with Crippen molar-refractivity contribution in [3.63, 3.8) is 0 Å². The lowest BCUT2D eigenvalue weighted by Crippen LogP contribution is -2.06. The van der Waals surface area contributed by atoms with Crippen LogP contribution in [-0.2, 0) is 4.74 Å². The van der Waals surface area contributed by atoms with Crippen LogP contribution in [0.1, 0.15) is 12.5 Å². The van der Waals surface area contributed by atoms with E-state index in [0.717, 1.165) is 11.1 Å². The number of hydrogen-bond acceptors (Lipinski definition) is 2. The SMILES string of the molecule is C=C(C)/C(=N/C(=O)OC)c1ccccc1. The van der Waals surface area contributed by atoms with E-state index in [1.54, 1.807) is 6.92 Å². The molecule has 0 saturated heterocycles. The van der Waals surface area contributed by atoms with E-state index in [1.165, 1.54) is 7.11 Å². The van der Waals surface area contributed by atoms with E-state index in [1.807, 2.05) is 30.3 Å². The minimum atomic E-state index is -0.614. The van der Waals surface area contributed by atoms with Gasteiger partial charge in [-0.25, -0.2) is 4.79 Å². The number of allylic oxidation sites excluding steroid dienone is 1. The van der Waals surface area contributed by atoms with E-state index in [2.05, 4.69) is 16.3 Å². The van der Waals surface area contributed by atoms with Gasteiger partial charge in [0.1, 0.15) is 0 Å². The van der Waals surface area contributed by atoms with Crippen molar-refractivity contribution in [1.82, 2.24) is 0 Å². The second kappa shape index (κ2) is 5.10. The van der Waals surface area contributed by atoms with Crippen molar-refractivity contribution in [3.05, 3.63) is 48.0 Å². The Morgan fingerprint density at radius 3 is 2.40 bits per heavy atom. The van der Waals surface area contributed by atoms with Crippen molar-refractivity contribution in [2.75, 3.05) is 7.11 Å². The average molecular weight is 203 g/mol. The highest BCUT2D eigenvalue weighted by molar-refractivity contribution is 6.15. The summed E-state index contributed by atoms with van der Waals surface area (Å²) in [6, 6.07) is 9.40. The molecule has 0 aromatic heterocycles. The Morgan fingerprint density at radius 1 is 1.33 bits per heavy atom. The lowest BCUT2D eigenvalue weighted by molar-refractivity contribution is 0.182. The van der Waals surface area contributed by atoms with Gasteiger partial charge in [-0.1, -0.05) is 36.9 Å². The normalized spacial score (nSPS) is 10.9. The second-order valence-electron chi connectivity index (χ2n) is 3.08. The van der Waals surface area contributed by atoms with Gasteiger partial charge in [0.2, 0.25) is 0 Å². The third-order valence-electron chi connectivity index (χ3n) is 1.83. The van der Waals surface area contributed by atoms with E-state index in [0.29, 0.717) is 5.71 Å². The molecule has 1 aromatic rings. The Balaban J connectivity index is 3.10. The molecule has 3 heteroatoms. The molecule has 0 radical (unpaired) electrons. The van der Waals surface area contributed by atoms with Crippen LogP contribution in [0.3, 0.4) is 0 Å². The van der Waals surface area contributed by atoms with Crippen LogP contribution < -0.4 is 0 Å². The van der Waals surface area contributed by atoms with Gasteiger partial charge >= 0.3 is 6.09 Å². The molecule has 1 amide bonds. The molecule has 3 nitrogen and oxygen atoms in total. The first kappa shape index (κ1) is 11.2. The Kier molecular flexibility index (Phi) is 3.80. The topological polar surface area (TPSA) is 38.7 Å². The molecule has 0 aliphatic heterocycles. The van der Waals surface area contributed by atoms with E-state index < -0.39 is 6.09 Å². The third-order valence-corrected chi connectivity index (χ3v) is 1.83. The lowest BCUT2D eigenvalue weighted by atomic mass is 10.1. The number of hydrogen-bond donors (Lipinski definition) is 0. The molecule has 0 aliphatic rings. The monoisotopic (exact) mass is 203 g/mol. The van der Waals surface area contributed by atoms with Gasteiger partial charge in [0, 0.05) is 5.56 Å². The summed E-state index contributed by atoms with van der Waals surface area (Å²) in [4.78, 5) is 14.9. The fraction of sp³-hybridized carbons (Fsp3) is 0.167. The van der Waals surface area contributed by atoms with Crippen LogP contribution in [0.2, 0.25) is 0 Å². The number of carbonyl (C=O) groups is 1. The minimum Gasteiger partial charge on any atom is -0.451 e. The molecular formula is C12H13NO2. The van der Waals surface area contributed by atoms with Gasteiger partial charge in [0.05, 0.1) is 12.8 Å². The van der Waals surface area contributed by atoms with Gasteiger partial charge in [0.25, 0.3) is 0 Å². The first-order valence-electron chi connectivity index (χ1n) is 4.53. The number of amides is 1. The number of carbonyl (C=O) groups excluding carboxylic acids is 1. The van der Waals surface area contributed by atoms with E-state index in [4.69, 9.17) is 0 Å². The van der Waals surface area contributed by atoms with Crippen molar-refractivity contribution >= 4 is 11.8 Å². The van der Waals surface area contributed by atoms with Crippen molar-refractivity contribution < 1.29 is 9.53 Å². The Hall–Kier alpha value is -1.90. The highest BCUT2D eigenvalue weighted by Gasteiger charge is 2.06. The number of nitrogens with zero attached hydrogens (tertiary/aromatic N) is 1. The standard InChI is InChI=1S/C12H13NO2/c1-9(2)11(13-12(14)15-3)10-7-5-4-6-8-10/h4-8H,1H2,2-3H3/b13-11-. The number of rotatable bonds is 2. The summed E-state index contributed by atoms with van der Waals surface area (Å²) in [5.41, 5.74) is 2.14. The molecule has 0 spiro atoms. The van der Waals surface area contributed by atoms with Crippen LogP contribution in [0.25, 0.3) is 0 Å². The fourth-order valence-corrected chi connectivity index (χ4v) is 1.14. The fourth-order valence-electron chi connectivity index (χ4n) is 1.14. The van der Waals surface area contributed by atoms with Crippen molar-refractivity contribution in [2.45, 2.75) is 6.92 Å².